The Morgan fingerprint density at radius 1 is 1.55 bits per heavy atom. The number of nitrogens with two attached hydrogens (primary N) is 1. The fourth-order valence-corrected chi connectivity index (χ4v) is 1.78. The molecule has 1 amide bonds. The van der Waals surface area contributed by atoms with Gasteiger partial charge in [-0.05, 0) is 39.9 Å². The molecule has 1 aromatic heterocycles. The van der Waals surface area contributed by atoms with E-state index in [1.165, 1.54) is 6.20 Å². The number of carbonyl (C=O) groups excluding carboxylic acids is 1. The summed E-state index contributed by atoms with van der Waals surface area (Å²) in [6.45, 7) is 5.83. The molecule has 0 aliphatic carbocycles. The number of nitrogens with one attached hydrogen (secondary N) is 2. The van der Waals surface area contributed by atoms with Gasteiger partial charge in [0.05, 0.1) is 10.6 Å². The molecule has 6 nitrogen and oxygen atoms in total. The first kappa shape index (κ1) is 16.7. The minimum Gasteiger partial charge on any atom is -0.352 e. The Bertz CT molecular complexity index is 452. The molecular weight excluding hydrogens is 278 g/mol. The van der Waals surface area contributed by atoms with E-state index in [0.29, 0.717) is 29.0 Å². The van der Waals surface area contributed by atoms with Crippen molar-refractivity contribution in [3.05, 3.63) is 22.8 Å². The highest BCUT2D eigenvalue weighted by atomic mass is 35.5. The lowest BCUT2D eigenvalue weighted by atomic mass is 10.2. The number of nitrogens with zero attached hydrogens (tertiary/aromatic N) is 2. The molecule has 0 fully saturated rings. The van der Waals surface area contributed by atoms with Crippen molar-refractivity contribution in [1.82, 2.24) is 15.2 Å². The molecule has 0 spiro atoms. The standard InChI is InChI=1S/C13H22ClN5O/c1-9(2)19(3)6-4-5-16-13(20)10-7-11(14)12(18-15)17-8-10/h7-9H,4-6,15H2,1-3H3,(H,16,20)(H,17,18). The minimum absolute atomic E-state index is 0.185. The quantitative estimate of drug-likeness (QED) is 0.403. The molecule has 0 atom stereocenters. The highest BCUT2D eigenvalue weighted by Gasteiger charge is 2.09. The Kier molecular flexibility index (Phi) is 6.70. The number of hydrogen-bond donors (Lipinski definition) is 3. The third kappa shape index (κ3) is 4.96. The van der Waals surface area contributed by atoms with Crippen molar-refractivity contribution in [2.45, 2.75) is 26.3 Å². The molecule has 0 aliphatic rings. The van der Waals surface area contributed by atoms with Crippen molar-refractivity contribution >= 4 is 23.3 Å². The lowest BCUT2D eigenvalue weighted by molar-refractivity contribution is 0.0951. The number of pyridine rings is 1. The lowest BCUT2D eigenvalue weighted by Gasteiger charge is -2.20. The summed E-state index contributed by atoms with van der Waals surface area (Å²) in [5, 5.41) is 3.16. The summed E-state index contributed by atoms with van der Waals surface area (Å²) >= 11 is 5.92. The fraction of sp³-hybridized carbons (Fsp3) is 0.538. The van der Waals surface area contributed by atoms with Gasteiger partial charge in [0.1, 0.15) is 0 Å². The number of hydrogen-bond acceptors (Lipinski definition) is 5. The molecule has 0 radical (unpaired) electrons. The topological polar surface area (TPSA) is 83.3 Å². The average molecular weight is 300 g/mol. The van der Waals surface area contributed by atoms with Crippen molar-refractivity contribution in [1.29, 1.82) is 0 Å². The molecule has 0 bridgehead atoms. The molecule has 1 heterocycles. The number of rotatable bonds is 7. The van der Waals surface area contributed by atoms with Gasteiger partial charge in [-0.25, -0.2) is 10.8 Å². The number of hydrazine groups is 1. The van der Waals surface area contributed by atoms with Crippen molar-refractivity contribution in [3.8, 4) is 0 Å². The van der Waals surface area contributed by atoms with Crippen LogP contribution in [0.5, 0.6) is 0 Å². The zero-order valence-electron chi connectivity index (χ0n) is 12.1. The predicted molar refractivity (Wildman–Crippen MR) is 81.8 cm³/mol. The maximum Gasteiger partial charge on any atom is 0.252 e. The maximum absolute atomic E-state index is 11.9. The molecule has 0 unspecified atom stereocenters. The van der Waals surface area contributed by atoms with E-state index in [9.17, 15) is 4.79 Å². The van der Waals surface area contributed by atoms with Crippen LogP contribution in [0.1, 0.15) is 30.6 Å². The van der Waals surface area contributed by atoms with Crippen LogP contribution in [0.3, 0.4) is 0 Å². The highest BCUT2D eigenvalue weighted by Crippen LogP contribution is 2.18. The normalized spacial score (nSPS) is 10.9. The average Bonchev–Trinajstić information content (AvgIpc) is 2.42. The van der Waals surface area contributed by atoms with Gasteiger partial charge in [-0.15, -0.1) is 0 Å². The van der Waals surface area contributed by atoms with Crippen molar-refractivity contribution in [2.24, 2.45) is 5.84 Å². The SMILES string of the molecule is CC(C)N(C)CCCNC(=O)c1cnc(NN)c(Cl)c1. The van der Waals surface area contributed by atoms with Gasteiger partial charge in [0.2, 0.25) is 0 Å². The van der Waals surface area contributed by atoms with Crippen molar-refractivity contribution in [2.75, 3.05) is 25.6 Å². The van der Waals surface area contributed by atoms with Crippen LogP contribution in [0.4, 0.5) is 5.82 Å². The van der Waals surface area contributed by atoms with Gasteiger partial charge in [0.25, 0.3) is 5.91 Å². The van der Waals surface area contributed by atoms with Gasteiger partial charge >= 0.3 is 0 Å². The van der Waals surface area contributed by atoms with Gasteiger partial charge in [-0.3, -0.25) is 4.79 Å². The maximum atomic E-state index is 11.9. The summed E-state index contributed by atoms with van der Waals surface area (Å²) in [5.74, 6) is 5.39. The van der Waals surface area contributed by atoms with E-state index in [-0.39, 0.29) is 5.91 Å². The van der Waals surface area contributed by atoms with E-state index in [1.807, 2.05) is 0 Å². The minimum atomic E-state index is -0.185. The number of halogens is 1. The molecule has 0 aromatic carbocycles. The summed E-state index contributed by atoms with van der Waals surface area (Å²) < 4.78 is 0. The first-order valence-electron chi connectivity index (χ1n) is 6.56. The van der Waals surface area contributed by atoms with Gasteiger partial charge in [0, 0.05) is 18.8 Å². The summed E-state index contributed by atoms with van der Waals surface area (Å²) in [7, 11) is 2.06. The third-order valence-electron chi connectivity index (χ3n) is 3.09. The first-order chi connectivity index (χ1) is 9.45. The molecule has 20 heavy (non-hydrogen) atoms. The van der Waals surface area contributed by atoms with Crippen LogP contribution in [0.2, 0.25) is 5.02 Å². The van der Waals surface area contributed by atoms with Gasteiger partial charge in [0.15, 0.2) is 5.82 Å². The van der Waals surface area contributed by atoms with Gasteiger partial charge in [-0.2, -0.15) is 0 Å². The Hall–Kier alpha value is -1.37. The van der Waals surface area contributed by atoms with Crippen LogP contribution in [0, 0.1) is 0 Å². The van der Waals surface area contributed by atoms with E-state index >= 15 is 0 Å². The summed E-state index contributed by atoms with van der Waals surface area (Å²) in [5.41, 5.74) is 2.78. The molecule has 0 saturated heterocycles. The molecule has 0 aliphatic heterocycles. The van der Waals surface area contributed by atoms with Crippen LogP contribution < -0.4 is 16.6 Å². The van der Waals surface area contributed by atoms with E-state index in [4.69, 9.17) is 17.4 Å². The van der Waals surface area contributed by atoms with Crippen molar-refractivity contribution < 1.29 is 4.79 Å². The monoisotopic (exact) mass is 299 g/mol. The number of aromatic nitrogens is 1. The Labute approximate surface area is 124 Å². The van der Waals surface area contributed by atoms with E-state index in [2.05, 4.69) is 41.5 Å². The largest absolute Gasteiger partial charge is 0.352 e. The van der Waals surface area contributed by atoms with E-state index < -0.39 is 0 Å². The van der Waals surface area contributed by atoms with Crippen LogP contribution in [-0.2, 0) is 0 Å². The zero-order valence-corrected chi connectivity index (χ0v) is 12.9. The molecule has 7 heteroatoms. The predicted octanol–water partition coefficient (Wildman–Crippen LogP) is 1.48. The number of amides is 1. The Balaban J connectivity index is 2.41. The Morgan fingerprint density at radius 2 is 2.25 bits per heavy atom. The van der Waals surface area contributed by atoms with Crippen LogP contribution in [0.25, 0.3) is 0 Å². The second kappa shape index (κ2) is 8.04. The molecular formula is C13H22ClN5O. The number of nitrogen functional groups attached to an aromatic ring is 1. The Morgan fingerprint density at radius 3 is 2.80 bits per heavy atom. The van der Waals surface area contributed by atoms with Gasteiger partial charge in [-0.1, -0.05) is 11.6 Å². The van der Waals surface area contributed by atoms with Crippen LogP contribution in [-0.4, -0.2) is 42.0 Å². The van der Waals surface area contributed by atoms with Crippen molar-refractivity contribution in [3.63, 3.8) is 0 Å². The molecule has 1 aromatic rings. The molecule has 112 valence electrons. The fourth-order valence-electron chi connectivity index (χ4n) is 1.56. The molecule has 0 saturated carbocycles. The van der Waals surface area contributed by atoms with Crippen LogP contribution >= 0.6 is 11.6 Å². The lowest BCUT2D eigenvalue weighted by Crippen LogP contribution is -2.31. The zero-order chi connectivity index (χ0) is 15.1. The summed E-state index contributed by atoms with van der Waals surface area (Å²) in [4.78, 5) is 18.1. The second-order valence-electron chi connectivity index (χ2n) is 4.88. The number of carbonyl (C=O) groups is 1. The van der Waals surface area contributed by atoms with E-state index in [0.717, 1.165) is 13.0 Å². The van der Waals surface area contributed by atoms with Crippen LogP contribution in [0.15, 0.2) is 12.3 Å². The first-order valence-corrected chi connectivity index (χ1v) is 6.94. The third-order valence-corrected chi connectivity index (χ3v) is 3.38. The number of anilines is 1. The molecule has 1 rings (SSSR count). The second-order valence-corrected chi connectivity index (χ2v) is 5.29. The summed E-state index contributed by atoms with van der Waals surface area (Å²) in [6.07, 6.45) is 2.33. The molecule has 4 N–H and O–H groups in total. The smallest absolute Gasteiger partial charge is 0.252 e. The summed E-state index contributed by atoms with van der Waals surface area (Å²) in [6, 6.07) is 2.05. The highest BCUT2D eigenvalue weighted by molar-refractivity contribution is 6.33. The van der Waals surface area contributed by atoms with E-state index in [1.54, 1.807) is 6.07 Å². The van der Waals surface area contributed by atoms with Gasteiger partial charge < -0.3 is 15.6 Å².